The zero-order chi connectivity index (χ0) is 18.4. The largest absolute Gasteiger partial charge is 0.493 e. The summed E-state index contributed by atoms with van der Waals surface area (Å²) >= 11 is 0. The van der Waals surface area contributed by atoms with Gasteiger partial charge in [0.2, 0.25) is 5.91 Å². The van der Waals surface area contributed by atoms with Gasteiger partial charge in [-0.3, -0.25) is 4.79 Å². The molecule has 0 saturated carbocycles. The lowest BCUT2D eigenvalue weighted by molar-refractivity contribution is -0.116. The van der Waals surface area contributed by atoms with Crippen LogP contribution in [0.5, 0.6) is 11.5 Å². The van der Waals surface area contributed by atoms with Crippen LogP contribution in [0.3, 0.4) is 0 Å². The van der Waals surface area contributed by atoms with Gasteiger partial charge in [0.25, 0.3) is 0 Å². The van der Waals surface area contributed by atoms with Gasteiger partial charge in [0.15, 0.2) is 11.5 Å². The molecule has 0 bridgehead atoms. The lowest BCUT2D eigenvalue weighted by Crippen LogP contribution is -2.32. The number of amides is 1. The molecule has 2 aromatic rings. The number of hydrogen-bond acceptors (Lipinski definition) is 5. The highest BCUT2D eigenvalue weighted by atomic mass is 16.5. The number of carbonyl (C=O) groups is 1. The highest BCUT2D eigenvalue weighted by molar-refractivity contribution is 5.96. The first-order valence-corrected chi connectivity index (χ1v) is 7.78. The van der Waals surface area contributed by atoms with Crippen molar-refractivity contribution < 1.29 is 14.3 Å². The molecule has 0 spiro atoms. The van der Waals surface area contributed by atoms with Gasteiger partial charge in [-0.2, -0.15) is 5.26 Å². The maximum Gasteiger partial charge on any atom is 0.246 e. The van der Waals surface area contributed by atoms with Crippen LogP contribution in [-0.2, 0) is 4.79 Å². The molecule has 0 aliphatic carbocycles. The fourth-order valence-electron chi connectivity index (χ4n) is 2.35. The number of nitrogens with one attached hydrogen (secondary N) is 2. The van der Waals surface area contributed by atoms with Gasteiger partial charge >= 0.3 is 0 Å². The van der Waals surface area contributed by atoms with Crippen LogP contribution in [-0.4, -0.2) is 26.2 Å². The average Bonchev–Trinajstić information content (AvgIpc) is 2.62. The molecule has 2 rings (SSSR count). The van der Waals surface area contributed by atoms with Crippen molar-refractivity contribution in [2.24, 2.45) is 0 Å². The van der Waals surface area contributed by atoms with E-state index in [1.54, 1.807) is 51.5 Å². The van der Waals surface area contributed by atoms with Crippen molar-refractivity contribution in [3.63, 3.8) is 0 Å². The second-order valence-corrected chi connectivity index (χ2v) is 5.57. The van der Waals surface area contributed by atoms with Crippen molar-refractivity contribution >= 4 is 17.3 Å². The van der Waals surface area contributed by atoms with Gasteiger partial charge in [-0.05, 0) is 43.7 Å². The van der Waals surface area contributed by atoms with E-state index in [1.807, 2.05) is 19.1 Å². The van der Waals surface area contributed by atoms with Crippen LogP contribution in [0.25, 0.3) is 0 Å². The first kappa shape index (κ1) is 18.1. The summed E-state index contributed by atoms with van der Waals surface area (Å²) in [6, 6.07) is 12.0. The lowest BCUT2D eigenvalue weighted by atomic mass is 10.1. The van der Waals surface area contributed by atoms with Gasteiger partial charge < -0.3 is 20.1 Å². The van der Waals surface area contributed by atoms with E-state index in [0.717, 1.165) is 11.3 Å². The molecule has 6 heteroatoms. The molecule has 0 heterocycles. The number of anilines is 2. The van der Waals surface area contributed by atoms with Crippen molar-refractivity contribution in [2.75, 3.05) is 24.9 Å². The highest BCUT2D eigenvalue weighted by Crippen LogP contribution is 2.33. The molecule has 2 N–H and O–H groups in total. The van der Waals surface area contributed by atoms with Crippen LogP contribution in [0.2, 0.25) is 0 Å². The molecule has 0 saturated heterocycles. The van der Waals surface area contributed by atoms with E-state index >= 15 is 0 Å². The summed E-state index contributed by atoms with van der Waals surface area (Å²) in [5.74, 6) is 1.02. The summed E-state index contributed by atoms with van der Waals surface area (Å²) in [6.45, 7) is 3.69. The summed E-state index contributed by atoms with van der Waals surface area (Å²) < 4.78 is 10.6. The molecule has 0 aromatic heterocycles. The maximum atomic E-state index is 12.4. The molecule has 130 valence electrons. The first-order chi connectivity index (χ1) is 12.0. The molecule has 0 unspecified atom stereocenters. The second kappa shape index (κ2) is 8.06. The number of ether oxygens (including phenoxy) is 2. The first-order valence-electron chi connectivity index (χ1n) is 7.78. The van der Waals surface area contributed by atoms with Gasteiger partial charge in [-0.1, -0.05) is 6.07 Å². The molecular formula is C19H21N3O3. The monoisotopic (exact) mass is 339 g/mol. The summed E-state index contributed by atoms with van der Waals surface area (Å²) in [4.78, 5) is 12.4. The van der Waals surface area contributed by atoms with Crippen LogP contribution in [0, 0.1) is 18.3 Å². The Kier molecular flexibility index (Phi) is 5.85. The highest BCUT2D eigenvalue weighted by Gasteiger charge is 2.16. The third-order valence-corrected chi connectivity index (χ3v) is 3.76. The van der Waals surface area contributed by atoms with E-state index in [0.29, 0.717) is 22.7 Å². The minimum Gasteiger partial charge on any atom is -0.493 e. The van der Waals surface area contributed by atoms with E-state index in [4.69, 9.17) is 14.7 Å². The van der Waals surface area contributed by atoms with E-state index in [-0.39, 0.29) is 5.91 Å². The predicted octanol–water partition coefficient (Wildman–Crippen LogP) is 3.32. The van der Waals surface area contributed by atoms with Crippen LogP contribution in [0.4, 0.5) is 11.4 Å². The molecule has 0 aliphatic rings. The van der Waals surface area contributed by atoms with Crippen molar-refractivity contribution in [1.29, 1.82) is 5.26 Å². The number of aryl methyl sites for hydroxylation is 1. The third-order valence-electron chi connectivity index (χ3n) is 3.76. The second-order valence-electron chi connectivity index (χ2n) is 5.57. The minimum absolute atomic E-state index is 0.204. The molecule has 0 aliphatic heterocycles. The molecule has 1 amide bonds. The molecule has 2 aromatic carbocycles. The topological polar surface area (TPSA) is 83.4 Å². The van der Waals surface area contributed by atoms with E-state index in [2.05, 4.69) is 10.6 Å². The summed E-state index contributed by atoms with van der Waals surface area (Å²) in [6.07, 6.45) is 0. The fourth-order valence-corrected chi connectivity index (χ4v) is 2.35. The minimum atomic E-state index is -0.484. The number of benzene rings is 2. The van der Waals surface area contributed by atoms with Crippen molar-refractivity contribution in [3.05, 3.63) is 47.5 Å². The molecule has 6 nitrogen and oxygen atoms in total. The number of methoxy groups -OCH3 is 2. The van der Waals surface area contributed by atoms with Gasteiger partial charge in [0, 0.05) is 17.4 Å². The van der Waals surface area contributed by atoms with Crippen LogP contribution in [0.1, 0.15) is 18.1 Å². The maximum absolute atomic E-state index is 12.4. The Labute approximate surface area is 147 Å². The van der Waals surface area contributed by atoms with E-state index in [1.165, 1.54) is 0 Å². The Morgan fingerprint density at radius 2 is 1.84 bits per heavy atom. The zero-order valence-electron chi connectivity index (χ0n) is 14.7. The van der Waals surface area contributed by atoms with Crippen LogP contribution in [0.15, 0.2) is 36.4 Å². The number of nitriles is 1. The number of nitrogens with zero attached hydrogens (tertiary/aromatic N) is 1. The average molecular weight is 339 g/mol. The SMILES string of the molecule is COc1cc(C)c(N[C@@H](C)C(=O)Nc2cccc(C#N)c2)cc1OC. The third kappa shape index (κ3) is 4.42. The Morgan fingerprint density at radius 1 is 1.16 bits per heavy atom. The van der Waals surface area contributed by atoms with Gasteiger partial charge in [0.05, 0.1) is 25.9 Å². The number of rotatable bonds is 6. The number of carbonyl (C=O) groups excluding carboxylic acids is 1. The summed E-state index contributed by atoms with van der Waals surface area (Å²) in [7, 11) is 3.14. The van der Waals surface area contributed by atoms with Gasteiger partial charge in [0.1, 0.15) is 6.04 Å². The Hall–Kier alpha value is -3.20. The van der Waals surface area contributed by atoms with E-state index in [9.17, 15) is 4.79 Å². The molecule has 0 radical (unpaired) electrons. The lowest BCUT2D eigenvalue weighted by Gasteiger charge is -2.19. The molecule has 0 fully saturated rings. The predicted molar refractivity (Wildman–Crippen MR) is 97.2 cm³/mol. The molecule has 25 heavy (non-hydrogen) atoms. The van der Waals surface area contributed by atoms with Gasteiger partial charge in [-0.15, -0.1) is 0 Å². The smallest absolute Gasteiger partial charge is 0.246 e. The Morgan fingerprint density at radius 3 is 2.48 bits per heavy atom. The van der Waals surface area contributed by atoms with Crippen molar-refractivity contribution in [2.45, 2.75) is 19.9 Å². The fraction of sp³-hybridized carbons (Fsp3) is 0.263. The summed E-state index contributed by atoms with van der Waals surface area (Å²) in [5, 5.41) is 14.9. The van der Waals surface area contributed by atoms with Crippen molar-refractivity contribution in [1.82, 2.24) is 0 Å². The Bertz CT molecular complexity index is 812. The molecular weight excluding hydrogens is 318 g/mol. The van der Waals surface area contributed by atoms with Gasteiger partial charge in [-0.25, -0.2) is 0 Å². The number of hydrogen-bond donors (Lipinski definition) is 2. The van der Waals surface area contributed by atoms with E-state index < -0.39 is 6.04 Å². The molecule has 1 atom stereocenters. The Balaban J connectivity index is 2.12. The van der Waals surface area contributed by atoms with Crippen molar-refractivity contribution in [3.8, 4) is 17.6 Å². The van der Waals surface area contributed by atoms with Crippen LogP contribution >= 0.6 is 0 Å². The summed E-state index contributed by atoms with van der Waals surface area (Å²) in [5.41, 5.74) is 2.80. The zero-order valence-corrected chi connectivity index (χ0v) is 14.7. The van der Waals surface area contributed by atoms with Crippen LogP contribution < -0.4 is 20.1 Å². The standard InChI is InChI=1S/C19H21N3O3/c1-12-8-17(24-3)18(25-4)10-16(12)21-13(2)19(23)22-15-7-5-6-14(9-15)11-20/h5-10,13,21H,1-4H3,(H,22,23)/t13-/m0/s1. The quantitative estimate of drug-likeness (QED) is 0.843. The normalized spacial score (nSPS) is 11.2.